The van der Waals surface area contributed by atoms with Crippen LogP contribution >= 0.6 is 0 Å². The van der Waals surface area contributed by atoms with Crippen molar-refractivity contribution in [2.24, 2.45) is 11.8 Å². The van der Waals surface area contributed by atoms with Crippen LogP contribution in [0, 0.1) is 11.8 Å². The minimum Gasteiger partial charge on any atom is -0.481 e. The number of nitrogens with one attached hydrogen (secondary N) is 1. The van der Waals surface area contributed by atoms with Gasteiger partial charge in [0.25, 0.3) is 0 Å². The van der Waals surface area contributed by atoms with Gasteiger partial charge >= 0.3 is 5.97 Å². The summed E-state index contributed by atoms with van der Waals surface area (Å²) in [6.45, 7) is 4.54. The smallest absolute Gasteiger partial charge is 0.305 e. The van der Waals surface area contributed by atoms with E-state index in [1.165, 1.54) is 6.42 Å². The lowest BCUT2D eigenvalue weighted by molar-refractivity contribution is -0.138. The van der Waals surface area contributed by atoms with Crippen LogP contribution in [0.4, 0.5) is 0 Å². The minimum atomic E-state index is -0.683. The lowest BCUT2D eigenvalue weighted by Gasteiger charge is -2.31. The Labute approximate surface area is 98.6 Å². The molecule has 0 radical (unpaired) electrons. The molecule has 2 unspecified atom stereocenters. The van der Waals surface area contributed by atoms with Crippen molar-refractivity contribution in [2.75, 3.05) is 7.05 Å². The molecule has 0 bridgehead atoms. The van der Waals surface area contributed by atoms with E-state index in [9.17, 15) is 4.79 Å². The lowest BCUT2D eigenvalue weighted by atomic mass is 9.85. The molecule has 1 saturated carbocycles. The van der Waals surface area contributed by atoms with Gasteiger partial charge in [0.05, 0.1) is 6.42 Å². The van der Waals surface area contributed by atoms with E-state index in [1.54, 1.807) is 0 Å². The summed E-state index contributed by atoms with van der Waals surface area (Å²) < 4.78 is 0. The van der Waals surface area contributed by atoms with Crippen LogP contribution in [-0.4, -0.2) is 23.7 Å². The first-order chi connectivity index (χ1) is 7.49. The second-order valence-electron chi connectivity index (χ2n) is 5.54. The van der Waals surface area contributed by atoms with Crippen LogP contribution in [0.3, 0.4) is 0 Å². The third-order valence-corrected chi connectivity index (χ3v) is 4.19. The quantitative estimate of drug-likeness (QED) is 0.726. The van der Waals surface area contributed by atoms with Gasteiger partial charge in [-0.2, -0.15) is 0 Å². The number of carboxylic acids is 1. The molecule has 3 heteroatoms. The molecule has 0 aromatic rings. The number of aliphatic carboxylic acids is 1. The van der Waals surface area contributed by atoms with Crippen molar-refractivity contribution in [3.63, 3.8) is 0 Å². The second kappa shape index (κ2) is 5.67. The Morgan fingerprint density at radius 1 is 1.44 bits per heavy atom. The molecular weight excluding hydrogens is 202 g/mol. The van der Waals surface area contributed by atoms with Gasteiger partial charge in [-0.15, -0.1) is 0 Å². The summed E-state index contributed by atoms with van der Waals surface area (Å²) >= 11 is 0. The van der Waals surface area contributed by atoms with Crippen LogP contribution in [0.1, 0.15) is 52.4 Å². The number of rotatable bonds is 4. The molecule has 2 atom stereocenters. The van der Waals surface area contributed by atoms with Crippen molar-refractivity contribution in [2.45, 2.75) is 57.9 Å². The zero-order valence-electron chi connectivity index (χ0n) is 10.8. The third-order valence-electron chi connectivity index (χ3n) is 4.19. The van der Waals surface area contributed by atoms with E-state index in [4.69, 9.17) is 5.11 Å². The van der Waals surface area contributed by atoms with Gasteiger partial charge < -0.3 is 10.4 Å². The maximum atomic E-state index is 10.9. The van der Waals surface area contributed by atoms with Gasteiger partial charge in [0, 0.05) is 5.54 Å². The van der Waals surface area contributed by atoms with Crippen LogP contribution < -0.4 is 5.32 Å². The van der Waals surface area contributed by atoms with Crippen molar-refractivity contribution in [3.8, 4) is 0 Å². The largest absolute Gasteiger partial charge is 0.481 e. The second-order valence-corrected chi connectivity index (χ2v) is 5.54. The molecule has 0 heterocycles. The Morgan fingerprint density at radius 2 is 2.12 bits per heavy atom. The fraction of sp³-hybridized carbons (Fsp3) is 0.923. The molecule has 0 aliphatic heterocycles. The summed E-state index contributed by atoms with van der Waals surface area (Å²) in [4.78, 5) is 10.9. The summed E-state index contributed by atoms with van der Waals surface area (Å²) in [6, 6.07) is 0. The monoisotopic (exact) mass is 227 g/mol. The highest BCUT2D eigenvalue weighted by molar-refractivity contribution is 5.68. The SMILES string of the molecule is CNC1(CC(=O)O)CCCC(C(C)C)CC1. The summed E-state index contributed by atoms with van der Waals surface area (Å²) in [5.41, 5.74) is -0.157. The van der Waals surface area contributed by atoms with Gasteiger partial charge in [-0.25, -0.2) is 0 Å². The number of hydrogen-bond donors (Lipinski definition) is 2. The summed E-state index contributed by atoms with van der Waals surface area (Å²) in [7, 11) is 1.90. The molecule has 0 amide bonds. The predicted molar refractivity (Wildman–Crippen MR) is 65.5 cm³/mol. The molecule has 1 aliphatic rings. The Kier molecular flexibility index (Phi) is 4.78. The number of carboxylic acid groups (broad SMARTS) is 1. The number of hydrogen-bond acceptors (Lipinski definition) is 2. The molecule has 1 aliphatic carbocycles. The third kappa shape index (κ3) is 3.48. The molecule has 1 rings (SSSR count). The highest BCUT2D eigenvalue weighted by Crippen LogP contribution is 2.35. The van der Waals surface area contributed by atoms with Crippen LogP contribution in [-0.2, 0) is 4.79 Å². The summed E-state index contributed by atoms with van der Waals surface area (Å²) in [5, 5.41) is 12.3. The van der Waals surface area contributed by atoms with Crippen molar-refractivity contribution in [1.82, 2.24) is 5.32 Å². The zero-order chi connectivity index (χ0) is 12.2. The van der Waals surface area contributed by atoms with E-state index < -0.39 is 5.97 Å². The lowest BCUT2D eigenvalue weighted by Crippen LogP contribution is -2.44. The van der Waals surface area contributed by atoms with Crippen LogP contribution in [0.15, 0.2) is 0 Å². The molecule has 3 nitrogen and oxygen atoms in total. The van der Waals surface area contributed by atoms with E-state index in [2.05, 4.69) is 19.2 Å². The Morgan fingerprint density at radius 3 is 2.62 bits per heavy atom. The van der Waals surface area contributed by atoms with E-state index in [1.807, 2.05) is 7.05 Å². The minimum absolute atomic E-state index is 0.157. The van der Waals surface area contributed by atoms with Crippen LogP contribution in [0.25, 0.3) is 0 Å². The van der Waals surface area contributed by atoms with E-state index in [0.717, 1.165) is 37.5 Å². The van der Waals surface area contributed by atoms with Gasteiger partial charge in [-0.3, -0.25) is 4.79 Å². The molecule has 1 fully saturated rings. The normalized spacial score (nSPS) is 31.4. The molecule has 0 saturated heterocycles. The maximum absolute atomic E-state index is 10.9. The Bertz CT molecular complexity index is 240. The molecular formula is C13H25NO2. The first-order valence-electron chi connectivity index (χ1n) is 6.40. The van der Waals surface area contributed by atoms with Crippen LogP contribution in [0.2, 0.25) is 0 Å². The van der Waals surface area contributed by atoms with Crippen molar-refractivity contribution in [3.05, 3.63) is 0 Å². The van der Waals surface area contributed by atoms with E-state index in [0.29, 0.717) is 0 Å². The van der Waals surface area contributed by atoms with Crippen molar-refractivity contribution in [1.29, 1.82) is 0 Å². The van der Waals surface area contributed by atoms with E-state index >= 15 is 0 Å². The van der Waals surface area contributed by atoms with Crippen molar-refractivity contribution >= 4 is 5.97 Å². The van der Waals surface area contributed by atoms with Gasteiger partial charge in [0.2, 0.25) is 0 Å². The topological polar surface area (TPSA) is 49.3 Å². The van der Waals surface area contributed by atoms with Crippen molar-refractivity contribution < 1.29 is 9.90 Å². The highest BCUT2D eigenvalue weighted by atomic mass is 16.4. The number of carbonyl (C=O) groups is 1. The molecule has 0 aromatic carbocycles. The molecule has 2 N–H and O–H groups in total. The first kappa shape index (κ1) is 13.5. The fourth-order valence-electron chi connectivity index (χ4n) is 2.90. The fourth-order valence-corrected chi connectivity index (χ4v) is 2.90. The predicted octanol–water partition coefficient (Wildman–Crippen LogP) is 2.66. The van der Waals surface area contributed by atoms with Gasteiger partial charge in [-0.05, 0) is 38.1 Å². The van der Waals surface area contributed by atoms with E-state index in [-0.39, 0.29) is 12.0 Å². The van der Waals surface area contributed by atoms with Gasteiger partial charge in [0.1, 0.15) is 0 Å². The highest BCUT2D eigenvalue weighted by Gasteiger charge is 2.34. The zero-order valence-corrected chi connectivity index (χ0v) is 10.8. The molecule has 0 spiro atoms. The summed E-state index contributed by atoms with van der Waals surface area (Å²) in [5.74, 6) is 0.804. The standard InChI is InChI=1S/C13H25NO2/c1-10(2)11-5-4-7-13(14-3,8-6-11)9-12(15)16/h10-11,14H,4-9H2,1-3H3,(H,15,16). The maximum Gasteiger partial charge on any atom is 0.305 e. The Balaban J connectivity index is 2.64. The summed E-state index contributed by atoms with van der Waals surface area (Å²) in [6.07, 6.45) is 5.81. The average molecular weight is 227 g/mol. The molecule has 0 aromatic heterocycles. The Hall–Kier alpha value is -0.570. The van der Waals surface area contributed by atoms with Gasteiger partial charge in [0.15, 0.2) is 0 Å². The van der Waals surface area contributed by atoms with Crippen LogP contribution in [0.5, 0.6) is 0 Å². The van der Waals surface area contributed by atoms with Gasteiger partial charge in [-0.1, -0.05) is 26.7 Å². The first-order valence-corrected chi connectivity index (χ1v) is 6.40. The average Bonchev–Trinajstić information content (AvgIpc) is 2.40. The molecule has 94 valence electrons. The molecule has 16 heavy (non-hydrogen) atoms.